The van der Waals surface area contributed by atoms with E-state index in [1.54, 1.807) is 0 Å². The molecule has 6 heteroatoms. The van der Waals surface area contributed by atoms with E-state index in [2.05, 4.69) is 82.4 Å². The molecule has 0 amide bonds. The van der Waals surface area contributed by atoms with E-state index in [4.69, 9.17) is 16.6 Å². The van der Waals surface area contributed by atoms with Gasteiger partial charge in [0.2, 0.25) is 0 Å². The third-order valence-electron chi connectivity index (χ3n) is 6.69. The number of hydrogen-bond acceptors (Lipinski definition) is 3. The first-order valence-electron chi connectivity index (χ1n) is 11.3. The standard InChI is InChI=1S/C26H30ClN5/c1-19-5-11-23(30(19)3)21-8-12-25-28-26(20-6-9-22(27)10-7-20)24(32(25)17-21)18-31-14-4-13-29(2)15-16-31/h5-12,17H,4,13-16,18H2,1-3H3. The van der Waals surface area contributed by atoms with Crippen molar-refractivity contribution in [3.8, 4) is 22.5 Å². The summed E-state index contributed by atoms with van der Waals surface area (Å²) in [4.78, 5) is 10.0. The van der Waals surface area contributed by atoms with Crippen molar-refractivity contribution >= 4 is 17.2 Å². The predicted molar refractivity (Wildman–Crippen MR) is 132 cm³/mol. The molecule has 0 saturated carbocycles. The number of fused-ring (bicyclic) bond motifs is 1. The van der Waals surface area contributed by atoms with Crippen molar-refractivity contribution < 1.29 is 0 Å². The largest absolute Gasteiger partial charge is 0.348 e. The van der Waals surface area contributed by atoms with Crippen molar-refractivity contribution in [2.75, 3.05) is 33.2 Å². The number of imidazole rings is 1. The fourth-order valence-electron chi connectivity index (χ4n) is 4.61. The molecule has 0 bridgehead atoms. The number of benzene rings is 1. The quantitative estimate of drug-likeness (QED) is 0.435. The minimum Gasteiger partial charge on any atom is -0.348 e. The first kappa shape index (κ1) is 21.3. The second-order valence-electron chi connectivity index (χ2n) is 8.91. The van der Waals surface area contributed by atoms with Gasteiger partial charge < -0.3 is 13.9 Å². The van der Waals surface area contributed by atoms with Crippen molar-refractivity contribution in [1.29, 1.82) is 0 Å². The summed E-state index contributed by atoms with van der Waals surface area (Å²) >= 11 is 6.17. The predicted octanol–water partition coefficient (Wildman–Crippen LogP) is 5.11. The highest BCUT2D eigenvalue weighted by atomic mass is 35.5. The van der Waals surface area contributed by atoms with Crippen LogP contribution in [0.3, 0.4) is 0 Å². The molecule has 1 saturated heterocycles. The number of nitrogens with zero attached hydrogens (tertiary/aromatic N) is 5. The molecule has 5 nitrogen and oxygen atoms in total. The first-order valence-corrected chi connectivity index (χ1v) is 11.7. The molecule has 0 atom stereocenters. The van der Waals surface area contributed by atoms with Crippen molar-refractivity contribution in [3.63, 3.8) is 0 Å². The molecule has 0 radical (unpaired) electrons. The van der Waals surface area contributed by atoms with Gasteiger partial charge in [-0.2, -0.15) is 0 Å². The lowest BCUT2D eigenvalue weighted by Crippen LogP contribution is -2.29. The Morgan fingerprint density at radius 3 is 2.41 bits per heavy atom. The highest BCUT2D eigenvalue weighted by Gasteiger charge is 2.20. The second-order valence-corrected chi connectivity index (χ2v) is 9.35. The Hall–Kier alpha value is -2.60. The maximum Gasteiger partial charge on any atom is 0.137 e. The van der Waals surface area contributed by atoms with Gasteiger partial charge in [0.25, 0.3) is 0 Å². The minimum absolute atomic E-state index is 0.746. The fourth-order valence-corrected chi connectivity index (χ4v) is 4.73. The zero-order valence-corrected chi connectivity index (χ0v) is 19.8. The summed E-state index contributed by atoms with van der Waals surface area (Å²) in [5.41, 5.74) is 8.03. The van der Waals surface area contributed by atoms with Crippen molar-refractivity contribution in [3.05, 3.63) is 71.1 Å². The van der Waals surface area contributed by atoms with E-state index in [1.807, 2.05) is 12.1 Å². The number of pyridine rings is 1. The molecule has 32 heavy (non-hydrogen) atoms. The summed E-state index contributed by atoms with van der Waals surface area (Å²) in [5.74, 6) is 0. The van der Waals surface area contributed by atoms with Gasteiger partial charge >= 0.3 is 0 Å². The van der Waals surface area contributed by atoms with Crippen LogP contribution < -0.4 is 0 Å². The van der Waals surface area contributed by atoms with Crippen LogP contribution in [0.2, 0.25) is 5.02 Å². The molecular formula is C26H30ClN5. The lowest BCUT2D eigenvalue weighted by Gasteiger charge is -2.21. The molecule has 0 N–H and O–H groups in total. The molecule has 1 aromatic carbocycles. The Kier molecular flexibility index (Phi) is 5.80. The van der Waals surface area contributed by atoms with E-state index in [9.17, 15) is 0 Å². The molecule has 1 fully saturated rings. The first-order chi connectivity index (χ1) is 15.5. The van der Waals surface area contributed by atoms with Gasteiger partial charge in [0.05, 0.1) is 11.4 Å². The number of aromatic nitrogens is 3. The number of likely N-dealkylation sites (N-methyl/N-ethyl adjacent to an activating group) is 1. The summed E-state index contributed by atoms with van der Waals surface area (Å²) < 4.78 is 4.53. The monoisotopic (exact) mass is 447 g/mol. The molecular weight excluding hydrogens is 418 g/mol. The minimum atomic E-state index is 0.746. The Bertz CT molecular complexity index is 1240. The van der Waals surface area contributed by atoms with Gasteiger partial charge in [-0.15, -0.1) is 0 Å². The van der Waals surface area contributed by atoms with Crippen LogP contribution in [0.15, 0.2) is 54.7 Å². The van der Waals surface area contributed by atoms with E-state index in [1.165, 1.54) is 29.1 Å². The highest BCUT2D eigenvalue weighted by Crippen LogP contribution is 2.30. The molecule has 1 aliphatic rings. The highest BCUT2D eigenvalue weighted by molar-refractivity contribution is 6.30. The zero-order chi connectivity index (χ0) is 22.2. The Morgan fingerprint density at radius 1 is 0.875 bits per heavy atom. The van der Waals surface area contributed by atoms with Crippen molar-refractivity contribution in [1.82, 2.24) is 23.8 Å². The van der Waals surface area contributed by atoms with Crippen LogP contribution >= 0.6 is 11.6 Å². The van der Waals surface area contributed by atoms with Crippen LogP contribution in [0, 0.1) is 6.92 Å². The molecule has 1 aliphatic heterocycles. The van der Waals surface area contributed by atoms with Gasteiger partial charge in [-0.05, 0) is 69.9 Å². The summed E-state index contributed by atoms with van der Waals surface area (Å²) in [7, 11) is 4.33. The van der Waals surface area contributed by atoms with Crippen LogP contribution in [-0.2, 0) is 13.6 Å². The van der Waals surface area contributed by atoms with Gasteiger partial charge in [0.1, 0.15) is 5.65 Å². The molecule has 4 aromatic rings. The lowest BCUT2D eigenvalue weighted by atomic mass is 10.1. The summed E-state index contributed by atoms with van der Waals surface area (Å²) in [6.07, 6.45) is 3.44. The fraction of sp³-hybridized carbons (Fsp3) is 0.346. The molecule has 5 rings (SSSR count). The third kappa shape index (κ3) is 4.08. The average Bonchev–Trinajstić information content (AvgIpc) is 3.23. The van der Waals surface area contributed by atoms with E-state index >= 15 is 0 Å². The van der Waals surface area contributed by atoms with Crippen LogP contribution in [-0.4, -0.2) is 57.0 Å². The smallest absolute Gasteiger partial charge is 0.137 e. The lowest BCUT2D eigenvalue weighted by molar-refractivity contribution is 0.266. The van der Waals surface area contributed by atoms with Crippen LogP contribution in [0.25, 0.3) is 28.2 Å². The molecule has 4 heterocycles. The SMILES string of the molecule is Cc1ccc(-c2ccc3nc(-c4ccc(Cl)cc4)c(CN4CCCN(C)CC4)n3c2)n1C. The van der Waals surface area contributed by atoms with Gasteiger partial charge in [-0.25, -0.2) is 4.98 Å². The Balaban J connectivity index is 1.62. The van der Waals surface area contributed by atoms with Crippen LogP contribution in [0.4, 0.5) is 0 Å². The van der Waals surface area contributed by atoms with Crippen molar-refractivity contribution in [2.24, 2.45) is 7.05 Å². The van der Waals surface area contributed by atoms with Crippen LogP contribution in [0.5, 0.6) is 0 Å². The maximum absolute atomic E-state index is 6.17. The van der Waals surface area contributed by atoms with Gasteiger partial charge in [0, 0.05) is 60.4 Å². The van der Waals surface area contributed by atoms with Gasteiger partial charge in [-0.3, -0.25) is 4.90 Å². The summed E-state index contributed by atoms with van der Waals surface area (Å²) in [5, 5.41) is 0.746. The average molecular weight is 448 g/mol. The number of hydrogen-bond donors (Lipinski definition) is 0. The van der Waals surface area contributed by atoms with E-state index in [0.717, 1.165) is 54.7 Å². The second kappa shape index (κ2) is 8.74. The molecule has 0 aliphatic carbocycles. The summed E-state index contributed by atoms with van der Waals surface area (Å²) in [6.45, 7) is 7.45. The normalized spacial score (nSPS) is 16.0. The number of rotatable bonds is 4. The van der Waals surface area contributed by atoms with E-state index in [0.29, 0.717) is 0 Å². The Morgan fingerprint density at radius 2 is 1.66 bits per heavy atom. The molecule has 3 aromatic heterocycles. The molecule has 0 spiro atoms. The third-order valence-corrected chi connectivity index (χ3v) is 6.94. The van der Waals surface area contributed by atoms with Crippen molar-refractivity contribution in [2.45, 2.75) is 19.9 Å². The number of halogens is 1. The molecule has 0 unspecified atom stereocenters. The summed E-state index contributed by atoms with van der Waals surface area (Å²) in [6, 6.07) is 16.7. The van der Waals surface area contributed by atoms with Gasteiger partial charge in [-0.1, -0.05) is 23.7 Å². The van der Waals surface area contributed by atoms with Crippen LogP contribution in [0.1, 0.15) is 17.8 Å². The van der Waals surface area contributed by atoms with Gasteiger partial charge in [0.15, 0.2) is 0 Å². The van der Waals surface area contributed by atoms with E-state index < -0.39 is 0 Å². The maximum atomic E-state index is 6.17. The van der Waals surface area contributed by atoms with E-state index in [-0.39, 0.29) is 0 Å². The topological polar surface area (TPSA) is 28.7 Å². The zero-order valence-electron chi connectivity index (χ0n) is 19.1. The molecule has 166 valence electrons. The number of aryl methyl sites for hydroxylation is 1. The Labute approximate surface area is 194 Å².